The first-order valence-electron chi connectivity index (χ1n) is 4.97. The molecule has 0 radical (unpaired) electrons. The molecular weight excluding hydrogens is 203 g/mol. The number of hydrogen-bond donors (Lipinski definition) is 0. The molecule has 0 unspecified atom stereocenters. The SMILES string of the molecule is CCC.CCc1ccnc(C(F)(F)F)c1. The molecule has 0 aliphatic carbocycles. The van der Waals surface area contributed by atoms with E-state index in [4.69, 9.17) is 0 Å². The van der Waals surface area contributed by atoms with Gasteiger partial charge in [0.1, 0.15) is 5.69 Å². The van der Waals surface area contributed by atoms with Crippen molar-refractivity contribution < 1.29 is 13.2 Å². The summed E-state index contributed by atoms with van der Waals surface area (Å²) in [5, 5.41) is 0. The second kappa shape index (κ2) is 6.43. The van der Waals surface area contributed by atoms with Crippen LogP contribution in [0.3, 0.4) is 0 Å². The van der Waals surface area contributed by atoms with Crippen molar-refractivity contribution in [2.45, 2.75) is 39.8 Å². The quantitative estimate of drug-likeness (QED) is 0.693. The van der Waals surface area contributed by atoms with E-state index in [0.29, 0.717) is 12.0 Å². The fourth-order valence-corrected chi connectivity index (χ4v) is 0.849. The molecule has 1 nitrogen and oxygen atoms in total. The summed E-state index contributed by atoms with van der Waals surface area (Å²) in [6.07, 6.45) is -1.31. The minimum Gasteiger partial charge on any atom is -0.252 e. The van der Waals surface area contributed by atoms with Crippen LogP contribution in [0, 0.1) is 0 Å². The lowest BCUT2D eigenvalue weighted by atomic mass is 10.2. The molecule has 15 heavy (non-hydrogen) atoms. The monoisotopic (exact) mass is 219 g/mol. The van der Waals surface area contributed by atoms with Crippen LogP contribution in [0.1, 0.15) is 38.4 Å². The number of hydrogen-bond acceptors (Lipinski definition) is 1. The van der Waals surface area contributed by atoms with Gasteiger partial charge in [0.25, 0.3) is 0 Å². The van der Waals surface area contributed by atoms with E-state index < -0.39 is 11.9 Å². The van der Waals surface area contributed by atoms with Crippen molar-refractivity contribution in [2.24, 2.45) is 0 Å². The standard InChI is InChI=1S/C8H8F3N.C3H8/c1-2-6-3-4-12-7(5-6)8(9,10)11;1-3-2/h3-5H,2H2,1H3;3H2,1-2H3. The molecule has 1 heterocycles. The molecule has 0 bridgehead atoms. The van der Waals surface area contributed by atoms with E-state index in [-0.39, 0.29) is 0 Å². The smallest absolute Gasteiger partial charge is 0.252 e. The summed E-state index contributed by atoms with van der Waals surface area (Å²) < 4.78 is 36.1. The van der Waals surface area contributed by atoms with Crippen molar-refractivity contribution in [3.05, 3.63) is 29.6 Å². The Bertz CT molecular complexity index is 281. The molecule has 0 fully saturated rings. The molecule has 86 valence electrons. The van der Waals surface area contributed by atoms with Crippen LogP contribution in [-0.4, -0.2) is 4.98 Å². The minimum atomic E-state index is -4.33. The Labute approximate surface area is 88.3 Å². The van der Waals surface area contributed by atoms with Crippen molar-refractivity contribution in [1.29, 1.82) is 0 Å². The average molecular weight is 219 g/mol. The van der Waals surface area contributed by atoms with Crippen molar-refractivity contribution in [3.8, 4) is 0 Å². The van der Waals surface area contributed by atoms with Crippen LogP contribution in [0.2, 0.25) is 0 Å². The van der Waals surface area contributed by atoms with E-state index >= 15 is 0 Å². The molecule has 1 rings (SSSR count). The maximum absolute atomic E-state index is 12.0. The molecule has 0 spiro atoms. The lowest BCUT2D eigenvalue weighted by molar-refractivity contribution is -0.141. The van der Waals surface area contributed by atoms with Gasteiger partial charge in [0, 0.05) is 6.20 Å². The predicted molar refractivity (Wildman–Crippen MR) is 54.6 cm³/mol. The van der Waals surface area contributed by atoms with Crippen LogP contribution in [-0.2, 0) is 12.6 Å². The highest BCUT2D eigenvalue weighted by atomic mass is 19.4. The molecule has 0 amide bonds. The average Bonchev–Trinajstić information content (AvgIpc) is 2.18. The molecule has 0 aliphatic rings. The largest absolute Gasteiger partial charge is 0.433 e. The zero-order chi connectivity index (χ0) is 11.9. The maximum Gasteiger partial charge on any atom is 0.433 e. The third-order valence-electron chi connectivity index (χ3n) is 1.52. The third kappa shape index (κ3) is 5.40. The van der Waals surface area contributed by atoms with Gasteiger partial charge < -0.3 is 0 Å². The number of halogens is 3. The number of nitrogens with zero attached hydrogens (tertiary/aromatic N) is 1. The first-order chi connectivity index (χ1) is 6.95. The minimum absolute atomic E-state index is 0.589. The molecule has 0 saturated heterocycles. The van der Waals surface area contributed by atoms with Crippen LogP contribution < -0.4 is 0 Å². The zero-order valence-corrected chi connectivity index (χ0v) is 9.23. The highest BCUT2D eigenvalue weighted by Crippen LogP contribution is 2.27. The zero-order valence-electron chi connectivity index (χ0n) is 9.23. The fraction of sp³-hybridized carbons (Fsp3) is 0.545. The van der Waals surface area contributed by atoms with Gasteiger partial charge in [-0.25, -0.2) is 0 Å². The summed E-state index contributed by atoms with van der Waals surface area (Å²) in [7, 11) is 0. The van der Waals surface area contributed by atoms with E-state index in [1.807, 2.05) is 0 Å². The van der Waals surface area contributed by atoms with Crippen molar-refractivity contribution in [1.82, 2.24) is 4.98 Å². The van der Waals surface area contributed by atoms with Crippen LogP contribution >= 0.6 is 0 Å². The van der Waals surface area contributed by atoms with Crippen molar-refractivity contribution >= 4 is 0 Å². The Balaban J connectivity index is 0.000000583. The predicted octanol–water partition coefficient (Wildman–Crippen LogP) is 4.08. The van der Waals surface area contributed by atoms with E-state index in [2.05, 4.69) is 18.8 Å². The van der Waals surface area contributed by atoms with Crippen molar-refractivity contribution in [3.63, 3.8) is 0 Å². The molecule has 1 aromatic heterocycles. The number of pyridine rings is 1. The molecule has 0 atom stereocenters. The van der Waals surface area contributed by atoms with Crippen LogP contribution in [0.5, 0.6) is 0 Å². The summed E-state index contributed by atoms with van der Waals surface area (Å²) in [6.45, 7) is 6.05. The summed E-state index contributed by atoms with van der Waals surface area (Å²) in [5.41, 5.74) is -0.167. The number of aromatic nitrogens is 1. The summed E-state index contributed by atoms with van der Waals surface area (Å²) in [4.78, 5) is 3.23. The second-order valence-corrected chi connectivity index (χ2v) is 3.11. The topological polar surface area (TPSA) is 12.9 Å². The molecule has 1 aromatic rings. The first-order valence-corrected chi connectivity index (χ1v) is 4.97. The van der Waals surface area contributed by atoms with Gasteiger partial charge in [-0.1, -0.05) is 27.2 Å². The Kier molecular flexibility index (Phi) is 5.97. The van der Waals surface area contributed by atoms with Crippen molar-refractivity contribution in [2.75, 3.05) is 0 Å². The molecule has 4 heteroatoms. The maximum atomic E-state index is 12.0. The molecule has 0 saturated carbocycles. The normalized spacial score (nSPS) is 10.5. The lowest BCUT2D eigenvalue weighted by Crippen LogP contribution is -2.07. The van der Waals surface area contributed by atoms with Gasteiger partial charge in [-0.3, -0.25) is 4.98 Å². The first kappa shape index (κ1) is 13.9. The van der Waals surface area contributed by atoms with Gasteiger partial charge in [0.05, 0.1) is 0 Å². The van der Waals surface area contributed by atoms with Crippen LogP contribution in [0.25, 0.3) is 0 Å². The van der Waals surface area contributed by atoms with Gasteiger partial charge in [0.2, 0.25) is 0 Å². The number of rotatable bonds is 1. The van der Waals surface area contributed by atoms with E-state index in [0.717, 1.165) is 6.07 Å². The summed E-state index contributed by atoms with van der Waals surface area (Å²) >= 11 is 0. The molecular formula is C11H16F3N. The number of alkyl halides is 3. The lowest BCUT2D eigenvalue weighted by Gasteiger charge is -2.05. The van der Waals surface area contributed by atoms with E-state index in [1.165, 1.54) is 12.6 Å². The van der Waals surface area contributed by atoms with E-state index in [1.54, 1.807) is 13.0 Å². The second-order valence-electron chi connectivity index (χ2n) is 3.11. The number of aryl methyl sites for hydroxylation is 1. The Morgan fingerprint density at radius 2 is 1.73 bits per heavy atom. The molecule has 0 N–H and O–H groups in total. The third-order valence-corrected chi connectivity index (χ3v) is 1.52. The van der Waals surface area contributed by atoms with Gasteiger partial charge in [-0.15, -0.1) is 0 Å². The van der Waals surface area contributed by atoms with Gasteiger partial charge in [0.15, 0.2) is 0 Å². The van der Waals surface area contributed by atoms with Gasteiger partial charge >= 0.3 is 6.18 Å². The Morgan fingerprint density at radius 1 is 1.20 bits per heavy atom. The van der Waals surface area contributed by atoms with Gasteiger partial charge in [-0.05, 0) is 24.1 Å². The van der Waals surface area contributed by atoms with Crippen LogP contribution in [0.4, 0.5) is 13.2 Å². The summed E-state index contributed by atoms with van der Waals surface area (Å²) in [5.74, 6) is 0. The Morgan fingerprint density at radius 3 is 2.13 bits per heavy atom. The summed E-state index contributed by atoms with van der Waals surface area (Å²) in [6, 6.07) is 2.65. The molecule has 0 aliphatic heterocycles. The fourth-order valence-electron chi connectivity index (χ4n) is 0.849. The van der Waals surface area contributed by atoms with Crippen LogP contribution in [0.15, 0.2) is 18.3 Å². The Hall–Kier alpha value is -1.06. The highest BCUT2D eigenvalue weighted by Gasteiger charge is 2.32. The molecule has 0 aromatic carbocycles. The highest BCUT2D eigenvalue weighted by molar-refractivity contribution is 5.17. The van der Waals surface area contributed by atoms with E-state index in [9.17, 15) is 13.2 Å². The van der Waals surface area contributed by atoms with Gasteiger partial charge in [-0.2, -0.15) is 13.2 Å².